The highest BCUT2D eigenvalue weighted by Gasteiger charge is 2.63. The highest BCUT2D eigenvalue weighted by molar-refractivity contribution is 7.97. The summed E-state index contributed by atoms with van der Waals surface area (Å²) in [7, 11) is -4.37. The average molecular weight is 1830 g/mol. The van der Waals surface area contributed by atoms with Crippen LogP contribution in [0.5, 0.6) is 17.2 Å². The summed E-state index contributed by atoms with van der Waals surface area (Å²) >= 11 is 0. The maximum atomic E-state index is 12.2. The Morgan fingerprint density at radius 1 is 0.508 bits per heavy atom. The second-order valence-electron chi connectivity index (χ2n) is 37.1. The summed E-state index contributed by atoms with van der Waals surface area (Å²) in [6.45, 7) is 33.7. The molecule has 5 aliphatic rings. The lowest BCUT2D eigenvalue weighted by Crippen LogP contribution is -2.39. The summed E-state index contributed by atoms with van der Waals surface area (Å²) in [6.07, 6.45) is 19.9. The molecule has 0 amide bonds. The van der Waals surface area contributed by atoms with Crippen molar-refractivity contribution in [3.05, 3.63) is 254 Å². The highest BCUT2D eigenvalue weighted by Crippen LogP contribution is 2.56. The van der Waals surface area contributed by atoms with E-state index in [-0.39, 0.29) is 80.3 Å². The Kier molecular flexibility index (Phi) is 41.4. The number of carbonyl (C=O) groups is 4. The molecule has 9 aromatic carbocycles. The first-order valence-corrected chi connectivity index (χ1v) is 51.3. The molecule has 1 aromatic heterocycles. The van der Waals surface area contributed by atoms with Gasteiger partial charge in [-0.05, 0) is 263 Å². The predicted octanol–water partition coefficient (Wildman–Crippen LogP) is 27.9. The van der Waals surface area contributed by atoms with Crippen molar-refractivity contribution in [2.75, 3.05) is 19.8 Å². The normalized spacial score (nSPS) is 18.0. The number of rotatable bonds is 31. The van der Waals surface area contributed by atoms with Crippen molar-refractivity contribution in [2.24, 2.45) is 45.8 Å². The Morgan fingerprint density at radius 3 is 1.38 bits per heavy atom. The molecule has 702 valence electrons. The summed E-state index contributed by atoms with van der Waals surface area (Å²) in [4.78, 5) is 53.0. The number of hydrogen-bond donors (Lipinski definition) is 1. The molecular weight excluding hydrogens is 1690 g/mol. The van der Waals surface area contributed by atoms with Crippen LogP contribution in [0.15, 0.2) is 262 Å². The minimum Gasteiger partial charge on any atom is -0.744 e. The molecule has 5 fully saturated rings. The molecule has 15 rings (SSSR count). The van der Waals surface area contributed by atoms with E-state index >= 15 is 0 Å². The maximum Gasteiger partial charge on any atom is 0.313 e. The fourth-order valence-corrected chi connectivity index (χ4v) is 21.0. The first-order chi connectivity index (χ1) is 62.3. The fourth-order valence-electron chi connectivity index (χ4n) is 16.0. The van der Waals surface area contributed by atoms with Crippen LogP contribution in [0.25, 0.3) is 25.1 Å². The molecule has 1 N–H and O–H groups in total. The largest absolute Gasteiger partial charge is 0.744 e. The molecule has 9 atom stereocenters. The van der Waals surface area contributed by atoms with Gasteiger partial charge in [-0.3, -0.25) is 19.2 Å². The summed E-state index contributed by atoms with van der Waals surface area (Å²) in [6, 6.07) is 81.5. The molecule has 4 saturated carbocycles. The fraction of sp³-hybridized carbons (Fsp3) is 0.477. The third-order valence-electron chi connectivity index (χ3n) is 26.0. The van der Waals surface area contributed by atoms with Crippen LogP contribution in [0.4, 0.5) is 0 Å². The van der Waals surface area contributed by atoms with E-state index in [1.54, 1.807) is 12.1 Å². The topological polar surface area (TPSA) is 220 Å². The molecular formula is C111H145O16S3+. The van der Waals surface area contributed by atoms with Gasteiger partial charge in [-0.2, -0.15) is 0 Å². The third-order valence-corrected chi connectivity index (χ3v) is 31.4. The Bertz CT molecular complexity index is 4980. The summed E-state index contributed by atoms with van der Waals surface area (Å²) in [5.74, 6) is 3.97. The monoisotopic (exact) mass is 1830 g/mol. The van der Waals surface area contributed by atoms with Crippen LogP contribution in [0, 0.1) is 45.8 Å². The SMILES string of the molecule is CCC(C)(C)C(=O)OC(C)OCCC1CCCCC1.CCC(C)(C)C(=O)OC(OC1CCCCC1)C(C)C.CCC(C)(C)C(=O)OC1C2CC3C(=O)OC1C3C2.CCC(C)c1ccc(O)cc1.CCC(C)c1ccc(OCCCOc2ccc(S(=O)(=O)[O-])cc2)cc1.c1ccc(-[s+]2c3ccccc3c3ccccc32)cc1.c1ccc([S+](c2ccccc2)c2ccccc2)cc1. The van der Waals surface area contributed by atoms with E-state index < -0.39 is 38.9 Å². The van der Waals surface area contributed by atoms with E-state index in [0.29, 0.717) is 61.4 Å². The molecule has 10 aromatic rings. The number of phenolic OH excluding ortho intramolecular Hbond substituents is 1. The number of fused-ring (bicyclic) bond motifs is 4. The van der Waals surface area contributed by atoms with Crippen molar-refractivity contribution in [1.82, 2.24) is 0 Å². The van der Waals surface area contributed by atoms with Gasteiger partial charge in [0.25, 0.3) is 0 Å². The zero-order chi connectivity index (χ0) is 94.0. The number of hydrogen-bond acceptors (Lipinski definition) is 16. The number of esters is 4. The zero-order valence-corrected chi connectivity index (χ0v) is 82.3. The highest BCUT2D eigenvalue weighted by atomic mass is 32.2. The molecule has 1 saturated heterocycles. The molecule has 1 aliphatic heterocycles. The zero-order valence-electron chi connectivity index (χ0n) is 79.9. The van der Waals surface area contributed by atoms with Crippen LogP contribution in [0.3, 0.4) is 0 Å². The van der Waals surface area contributed by atoms with E-state index in [2.05, 4.69) is 210 Å². The number of ether oxygens (including phenoxy) is 8. The molecule has 19 heteroatoms. The lowest BCUT2D eigenvalue weighted by Gasteiger charge is -2.31. The van der Waals surface area contributed by atoms with Gasteiger partial charge in [-0.15, -0.1) is 0 Å². The van der Waals surface area contributed by atoms with E-state index in [1.807, 2.05) is 107 Å². The number of phenols is 1. The summed E-state index contributed by atoms with van der Waals surface area (Å²) < 4.78 is 80.2. The van der Waals surface area contributed by atoms with Crippen LogP contribution >= 0.6 is 10.5 Å². The number of benzene rings is 9. The molecule has 16 nitrogen and oxygen atoms in total. The van der Waals surface area contributed by atoms with Gasteiger partial charge in [0, 0.05) is 45.4 Å². The molecule has 0 radical (unpaired) electrons. The van der Waals surface area contributed by atoms with Crippen LogP contribution < -0.4 is 9.47 Å². The lowest BCUT2D eigenvalue weighted by molar-refractivity contribution is -0.212. The van der Waals surface area contributed by atoms with Gasteiger partial charge in [0.2, 0.25) is 6.29 Å². The van der Waals surface area contributed by atoms with Gasteiger partial charge in [0.05, 0.1) is 63.9 Å². The van der Waals surface area contributed by atoms with Gasteiger partial charge in [0.1, 0.15) is 39.6 Å². The van der Waals surface area contributed by atoms with Gasteiger partial charge >= 0.3 is 23.9 Å². The Hall–Kier alpha value is -9.34. The molecule has 2 heterocycles. The number of aromatic hydroxyl groups is 1. The van der Waals surface area contributed by atoms with Crippen molar-refractivity contribution in [1.29, 1.82) is 0 Å². The summed E-state index contributed by atoms with van der Waals surface area (Å²) in [5, 5.41) is 11.8. The van der Waals surface area contributed by atoms with Crippen molar-refractivity contribution < 1.29 is 75.2 Å². The Labute approximate surface area is 782 Å². The van der Waals surface area contributed by atoms with Crippen LogP contribution in [0.1, 0.15) is 256 Å². The standard InChI is InChI=1S/C19H24O5S.C18H13S.C18H15S.2C16H30O3.C14H20O4.C10H14O/c1-3-15(2)16-5-7-17(8-6-16)23-13-4-14-24-18-9-11-19(12-10-18)25(20,21)22;1-2-8-14(9-3-1)19-17-12-6-4-10-15(17)16-11-5-7-13-18(16)19;1-4-10-16(11-5-1)19(17-12-6-2-7-13-17)18-14-8-3-9-15-18;1-6-16(4,5)15(17)19-14(12(2)3)18-13-10-8-7-9-11-13;1-5-16(3,4)15(17)19-13(2)18-12-11-14-9-7-6-8-10-14;1-4-14(2,3)13(16)18-10-7-5-8-9(6-7)12(15)17-11(8)10;1-3-8(2)9-4-6-10(11)7-5-9/h5-12,15H,3-4,13-14H2,1-2H3,(H,20,21,22);1-13H;1-15H;12-14H,6-11H2,1-5H3;13-14H,5-12H2,1-4H3;7-11H,4-6H2,1-3H3;4-8,11H,3H2,1-2H3/q;2*+1;;;;/p-1. The first-order valence-electron chi connectivity index (χ1n) is 47.5. The average Bonchev–Trinajstić information content (AvgIpc) is 1.56. The van der Waals surface area contributed by atoms with Crippen molar-refractivity contribution >= 4 is 75.5 Å². The van der Waals surface area contributed by atoms with E-state index in [1.165, 1.54) is 127 Å². The minimum absolute atomic E-state index is 0.0146. The van der Waals surface area contributed by atoms with Gasteiger partial charge < -0.3 is 47.6 Å². The molecule has 2 bridgehead atoms. The smallest absolute Gasteiger partial charge is 0.313 e. The van der Waals surface area contributed by atoms with Crippen LogP contribution in [-0.2, 0) is 68.6 Å². The van der Waals surface area contributed by atoms with Crippen LogP contribution in [-0.4, -0.2) is 92.7 Å². The number of carbonyl (C=O) groups excluding carboxylic acids is 4. The second kappa shape index (κ2) is 51.6. The van der Waals surface area contributed by atoms with Gasteiger partial charge in [-0.1, -0.05) is 235 Å². The van der Waals surface area contributed by atoms with E-state index in [4.69, 9.17) is 43.0 Å². The van der Waals surface area contributed by atoms with Crippen LogP contribution in [0.2, 0.25) is 0 Å². The molecule has 0 spiro atoms. The van der Waals surface area contributed by atoms with E-state index in [9.17, 15) is 32.1 Å². The third kappa shape index (κ3) is 31.1. The first kappa shape index (κ1) is 104. The van der Waals surface area contributed by atoms with Crippen molar-refractivity contribution in [3.63, 3.8) is 0 Å². The van der Waals surface area contributed by atoms with Gasteiger partial charge in [0.15, 0.2) is 35.3 Å². The predicted molar refractivity (Wildman–Crippen MR) is 526 cm³/mol. The molecule has 4 aliphatic carbocycles. The summed E-state index contributed by atoms with van der Waals surface area (Å²) in [5.41, 5.74) is 1.31. The quantitative estimate of drug-likeness (QED) is 0.0107. The second-order valence-corrected chi connectivity index (χ2v) is 42.5. The minimum atomic E-state index is -4.42. The number of thiophene rings is 1. The Balaban J connectivity index is 0.000000172. The van der Waals surface area contributed by atoms with Crippen molar-refractivity contribution in [2.45, 2.75) is 295 Å². The molecule has 130 heavy (non-hydrogen) atoms. The Morgan fingerprint density at radius 2 is 0.931 bits per heavy atom. The maximum absolute atomic E-state index is 12.2. The van der Waals surface area contributed by atoms with Crippen molar-refractivity contribution in [3.8, 4) is 22.1 Å². The molecule has 9 unspecified atom stereocenters. The van der Waals surface area contributed by atoms with E-state index in [0.717, 1.165) is 75.9 Å². The lowest BCUT2D eigenvalue weighted by atomic mass is 9.87. The van der Waals surface area contributed by atoms with Gasteiger partial charge in [-0.25, -0.2) is 8.42 Å².